The van der Waals surface area contributed by atoms with E-state index >= 15 is 0 Å². The van der Waals surface area contributed by atoms with Gasteiger partial charge in [-0.25, -0.2) is 0 Å². The Morgan fingerprint density at radius 1 is 1.37 bits per heavy atom. The lowest BCUT2D eigenvalue weighted by atomic mass is 9.74. The Morgan fingerprint density at radius 2 is 2.26 bits per heavy atom. The number of nitrogens with zero attached hydrogens (tertiary/aromatic N) is 1. The van der Waals surface area contributed by atoms with Crippen molar-refractivity contribution in [3.63, 3.8) is 0 Å². The second-order valence-electron chi connectivity index (χ2n) is 5.87. The van der Waals surface area contributed by atoms with Crippen molar-refractivity contribution in [1.29, 1.82) is 0 Å². The molecule has 0 bridgehead atoms. The molecule has 3 nitrogen and oxygen atoms in total. The molecule has 1 saturated heterocycles. The minimum atomic E-state index is -0.0153. The van der Waals surface area contributed by atoms with Gasteiger partial charge in [0, 0.05) is 18.3 Å². The molecule has 100 valence electrons. The molecule has 1 spiro atoms. The van der Waals surface area contributed by atoms with Crippen molar-refractivity contribution in [3.05, 3.63) is 24.3 Å². The molecule has 2 aliphatic carbocycles. The fraction of sp³-hybridized carbons (Fsp3) is 0.600. The van der Waals surface area contributed by atoms with E-state index in [4.69, 9.17) is 0 Å². The quantitative estimate of drug-likeness (QED) is 0.836. The molecule has 2 aliphatic heterocycles. The zero-order valence-corrected chi connectivity index (χ0v) is 11.7. The van der Waals surface area contributed by atoms with E-state index < -0.39 is 0 Å². The van der Waals surface area contributed by atoms with Gasteiger partial charge in [0.1, 0.15) is 0 Å². The van der Waals surface area contributed by atoms with Crippen molar-refractivity contribution in [2.75, 3.05) is 12.3 Å². The van der Waals surface area contributed by atoms with Crippen LogP contribution in [-0.2, 0) is 4.79 Å². The Balaban J connectivity index is 1.61. The van der Waals surface area contributed by atoms with Gasteiger partial charge in [-0.3, -0.25) is 9.79 Å². The van der Waals surface area contributed by atoms with Crippen LogP contribution in [0.25, 0.3) is 0 Å². The average Bonchev–Trinajstić information content (AvgIpc) is 3.16. The highest BCUT2D eigenvalue weighted by atomic mass is 32.2. The maximum absolute atomic E-state index is 12.4. The molecule has 0 aromatic heterocycles. The molecular formula is C15H18N2OS. The molecule has 0 aromatic carbocycles. The molecule has 0 aromatic rings. The van der Waals surface area contributed by atoms with Gasteiger partial charge in [0.05, 0.1) is 16.4 Å². The van der Waals surface area contributed by atoms with Gasteiger partial charge < -0.3 is 5.32 Å². The van der Waals surface area contributed by atoms with E-state index in [-0.39, 0.29) is 16.6 Å². The molecule has 1 N–H and O–H groups in total. The topological polar surface area (TPSA) is 41.5 Å². The van der Waals surface area contributed by atoms with Crippen LogP contribution in [0.4, 0.5) is 0 Å². The lowest BCUT2D eigenvalue weighted by molar-refractivity contribution is -0.125. The summed E-state index contributed by atoms with van der Waals surface area (Å²) in [6.07, 6.45) is 11.9. The summed E-state index contributed by atoms with van der Waals surface area (Å²) in [6.45, 7) is 0.869. The van der Waals surface area contributed by atoms with Crippen LogP contribution in [0.15, 0.2) is 29.3 Å². The molecule has 2 heterocycles. The van der Waals surface area contributed by atoms with E-state index in [1.807, 2.05) is 11.8 Å². The number of carbonyl (C=O) groups is 1. The van der Waals surface area contributed by atoms with Crippen molar-refractivity contribution in [2.45, 2.75) is 30.1 Å². The third kappa shape index (κ3) is 1.80. The number of aliphatic imine (C=N–C) groups is 1. The molecule has 1 amide bonds. The smallest absolute Gasteiger partial charge is 0.224 e. The molecule has 1 saturated carbocycles. The van der Waals surface area contributed by atoms with Crippen molar-refractivity contribution in [2.24, 2.45) is 16.8 Å². The van der Waals surface area contributed by atoms with Crippen LogP contribution < -0.4 is 5.32 Å². The number of thioether (sulfide) groups is 1. The molecule has 4 heteroatoms. The van der Waals surface area contributed by atoms with E-state index in [1.165, 1.54) is 5.71 Å². The molecule has 4 aliphatic rings. The summed E-state index contributed by atoms with van der Waals surface area (Å²) in [5, 5.41) is 3.19. The minimum absolute atomic E-state index is 0.0153. The Labute approximate surface area is 117 Å². The van der Waals surface area contributed by atoms with Gasteiger partial charge in [-0.1, -0.05) is 18.2 Å². The lowest BCUT2D eigenvalue weighted by Crippen LogP contribution is -2.46. The van der Waals surface area contributed by atoms with Gasteiger partial charge in [-0.05, 0) is 31.3 Å². The van der Waals surface area contributed by atoms with Crippen molar-refractivity contribution in [3.8, 4) is 0 Å². The Hall–Kier alpha value is -1.03. The first-order valence-electron chi connectivity index (χ1n) is 7.15. The van der Waals surface area contributed by atoms with Crippen LogP contribution in [0.3, 0.4) is 0 Å². The first-order valence-corrected chi connectivity index (χ1v) is 8.13. The molecule has 19 heavy (non-hydrogen) atoms. The number of rotatable bonds is 2. The van der Waals surface area contributed by atoms with Crippen molar-refractivity contribution < 1.29 is 4.79 Å². The van der Waals surface area contributed by atoms with Crippen LogP contribution in [-0.4, -0.2) is 34.7 Å². The van der Waals surface area contributed by atoms with Crippen LogP contribution >= 0.6 is 11.8 Å². The summed E-state index contributed by atoms with van der Waals surface area (Å²) in [7, 11) is 0. The summed E-state index contributed by atoms with van der Waals surface area (Å²) >= 11 is 1.91. The third-order valence-electron chi connectivity index (χ3n) is 4.63. The fourth-order valence-electron chi connectivity index (χ4n) is 3.46. The van der Waals surface area contributed by atoms with Crippen LogP contribution in [0.1, 0.15) is 19.3 Å². The first-order chi connectivity index (χ1) is 9.29. The second-order valence-corrected chi connectivity index (χ2v) is 7.17. The fourth-order valence-corrected chi connectivity index (χ4v) is 5.25. The predicted molar refractivity (Wildman–Crippen MR) is 78.5 cm³/mol. The highest BCUT2D eigenvalue weighted by molar-refractivity contribution is 8.02. The second kappa shape index (κ2) is 4.23. The van der Waals surface area contributed by atoms with Crippen molar-refractivity contribution in [1.82, 2.24) is 5.32 Å². The normalized spacial score (nSPS) is 39.5. The standard InChI is InChI=1S/C15H18N2OS/c18-14(17-10-4-5-10)11-9-19-15-7-2-1-3-13(15)16-8-6-12(11)15/h1-3,7,10-12H,4-6,8-9H2,(H,17,18). The average molecular weight is 274 g/mol. The van der Waals surface area contributed by atoms with Crippen LogP contribution in [0.5, 0.6) is 0 Å². The maximum Gasteiger partial charge on any atom is 0.224 e. The largest absolute Gasteiger partial charge is 0.353 e. The zero-order chi connectivity index (χ0) is 12.9. The summed E-state index contributed by atoms with van der Waals surface area (Å²) < 4.78 is -0.0153. The van der Waals surface area contributed by atoms with Crippen LogP contribution in [0, 0.1) is 11.8 Å². The van der Waals surface area contributed by atoms with Gasteiger partial charge in [0.2, 0.25) is 5.91 Å². The molecule has 3 atom stereocenters. The zero-order valence-electron chi connectivity index (χ0n) is 10.8. The highest BCUT2D eigenvalue weighted by Gasteiger charge is 2.54. The SMILES string of the molecule is O=C(NC1CC1)C1CSC23C=CC=CC2=NCCC13. The summed E-state index contributed by atoms with van der Waals surface area (Å²) in [6, 6.07) is 0.465. The summed E-state index contributed by atoms with van der Waals surface area (Å²) in [5.41, 5.74) is 1.18. The Morgan fingerprint density at radius 3 is 3.11 bits per heavy atom. The number of carbonyl (C=O) groups excluding carboxylic acids is 1. The number of hydrogen-bond acceptors (Lipinski definition) is 3. The molecule has 2 fully saturated rings. The van der Waals surface area contributed by atoms with E-state index in [0.717, 1.165) is 31.6 Å². The number of allylic oxidation sites excluding steroid dienone is 3. The highest BCUT2D eigenvalue weighted by Crippen LogP contribution is 2.52. The monoisotopic (exact) mass is 274 g/mol. The van der Waals surface area contributed by atoms with Gasteiger partial charge in [0.15, 0.2) is 0 Å². The lowest BCUT2D eigenvalue weighted by Gasteiger charge is -2.38. The van der Waals surface area contributed by atoms with E-state index in [9.17, 15) is 4.79 Å². The van der Waals surface area contributed by atoms with Crippen LogP contribution in [0.2, 0.25) is 0 Å². The number of amides is 1. The van der Waals surface area contributed by atoms with E-state index in [0.29, 0.717) is 12.0 Å². The third-order valence-corrected chi connectivity index (χ3v) is 6.28. The predicted octanol–water partition coefficient (Wildman–Crippen LogP) is 1.95. The number of nitrogens with one attached hydrogen (secondary N) is 1. The van der Waals surface area contributed by atoms with Gasteiger partial charge in [-0.15, -0.1) is 11.8 Å². The minimum Gasteiger partial charge on any atom is -0.353 e. The van der Waals surface area contributed by atoms with Gasteiger partial charge in [0.25, 0.3) is 0 Å². The summed E-state index contributed by atoms with van der Waals surface area (Å²) in [5.74, 6) is 1.79. The van der Waals surface area contributed by atoms with E-state index in [1.54, 1.807) is 0 Å². The molecule has 0 radical (unpaired) electrons. The number of hydrogen-bond donors (Lipinski definition) is 1. The van der Waals surface area contributed by atoms with Gasteiger partial charge in [-0.2, -0.15) is 0 Å². The maximum atomic E-state index is 12.4. The molecule has 4 rings (SSSR count). The summed E-state index contributed by atoms with van der Waals surface area (Å²) in [4.78, 5) is 17.1. The molecule has 3 unspecified atom stereocenters. The molecular weight excluding hydrogens is 256 g/mol. The Bertz CT molecular complexity index is 506. The van der Waals surface area contributed by atoms with E-state index in [2.05, 4.69) is 34.6 Å². The Kier molecular flexibility index (Phi) is 2.62. The van der Waals surface area contributed by atoms with Gasteiger partial charge >= 0.3 is 0 Å². The first kappa shape index (κ1) is 11.8. The van der Waals surface area contributed by atoms with Crippen molar-refractivity contribution >= 4 is 23.4 Å².